The number of likely N-dealkylation sites (tertiary alicyclic amines) is 1. The molecular formula is C17H25ClN2O2. The number of piperidine rings is 1. The number of unbranched alkanes of at least 4 members (excludes halogenated alkanes) is 2. The molecule has 0 aromatic heterocycles. The zero-order valence-corrected chi connectivity index (χ0v) is 13.7. The minimum Gasteiger partial charge on any atom is -0.396 e. The Kier molecular flexibility index (Phi) is 7.00. The van der Waals surface area contributed by atoms with Gasteiger partial charge in [0.15, 0.2) is 0 Å². The second-order valence-corrected chi connectivity index (χ2v) is 6.17. The van der Waals surface area contributed by atoms with E-state index in [1.165, 1.54) is 6.42 Å². The Morgan fingerprint density at radius 3 is 2.64 bits per heavy atom. The van der Waals surface area contributed by atoms with Gasteiger partial charge in [0.1, 0.15) is 0 Å². The number of nitrogens with zero attached hydrogens (tertiary/aromatic N) is 1. The van der Waals surface area contributed by atoms with Gasteiger partial charge in [-0.15, -0.1) is 0 Å². The van der Waals surface area contributed by atoms with Crippen LogP contribution in [0.3, 0.4) is 0 Å². The van der Waals surface area contributed by atoms with Crippen molar-refractivity contribution in [2.45, 2.75) is 38.5 Å². The number of hydrogen-bond donors (Lipinski definition) is 2. The summed E-state index contributed by atoms with van der Waals surface area (Å²) in [4.78, 5) is 14.4. The first-order chi connectivity index (χ1) is 10.7. The summed E-state index contributed by atoms with van der Waals surface area (Å²) in [6, 6.07) is 5.55. The number of benzene rings is 1. The van der Waals surface area contributed by atoms with E-state index in [4.69, 9.17) is 16.7 Å². The third-order valence-corrected chi connectivity index (χ3v) is 4.32. The zero-order chi connectivity index (χ0) is 15.8. The van der Waals surface area contributed by atoms with E-state index < -0.39 is 0 Å². The fourth-order valence-corrected chi connectivity index (χ4v) is 2.97. The van der Waals surface area contributed by atoms with Crippen LogP contribution in [0.1, 0.15) is 48.9 Å². The topological polar surface area (TPSA) is 52.6 Å². The van der Waals surface area contributed by atoms with Crippen molar-refractivity contribution in [3.63, 3.8) is 0 Å². The van der Waals surface area contributed by atoms with Crippen molar-refractivity contribution in [3.8, 4) is 0 Å². The smallest absolute Gasteiger partial charge is 0.255 e. The van der Waals surface area contributed by atoms with E-state index in [1.807, 2.05) is 23.1 Å². The van der Waals surface area contributed by atoms with E-state index in [-0.39, 0.29) is 12.5 Å². The van der Waals surface area contributed by atoms with E-state index in [9.17, 15) is 4.79 Å². The molecule has 0 atom stereocenters. The summed E-state index contributed by atoms with van der Waals surface area (Å²) >= 11 is 6.29. The van der Waals surface area contributed by atoms with Gasteiger partial charge >= 0.3 is 0 Å². The number of amides is 1. The van der Waals surface area contributed by atoms with Crippen LogP contribution in [0.5, 0.6) is 0 Å². The minimum atomic E-state index is 0.0409. The summed E-state index contributed by atoms with van der Waals surface area (Å²) in [7, 11) is 0. The van der Waals surface area contributed by atoms with Crippen molar-refractivity contribution >= 4 is 23.2 Å². The van der Waals surface area contributed by atoms with Crippen molar-refractivity contribution in [1.82, 2.24) is 4.90 Å². The molecule has 22 heavy (non-hydrogen) atoms. The number of rotatable bonds is 7. The van der Waals surface area contributed by atoms with Gasteiger partial charge in [0, 0.05) is 31.9 Å². The molecule has 0 bridgehead atoms. The van der Waals surface area contributed by atoms with Gasteiger partial charge in [0.05, 0.1) is 10.6 Å². The Balaban J connectivity index is 1.89. The molecule has 1 aliphatic heterocycles. The van der Waals surface area contributed by atoms with E-state index in [0.29, 0.717) is 10.6 Å². The van der Waals surface area contributed by atoms with Crippen molar-refractivity contribution in [3.05, 3.63) is 28.8 Å². The number of hydrogen-bond acceptors (Lipinski definition) is 3. The van der Waals surface area contributed by atoms with Crippen molar-refractivity contribution < 1.29 is 9.90 Å². The molecule has 0 radical (unpaired) electrons. The van der Waals surface area contributed by atoms with Crippen LogP contribution in [0.25, 0.3) is 0 Å². The first-order valence-electron chi connectivity index (χ1n) is 8.16. The average Bonchev–Trinajstić information content (AvgIpc) is 2.55. The lowest BCUT2D eigenvalue weighted by Crippen LogP contribution is -2.35. The molecular weight excluding hydrogens is 300 g/mol. The number of aliphatic hydroxyl groups is 1. The van der Waals surface area contributed by atoms with Gasteiger partial charge < -0.3 is 15.3 Å². The SMILES string of the molecule is O=C(c1ccc(NCCCCCO)cc1Cl)N1CCCCC1. The second kappa shape index (κ2) is 9.01. The van der Waals surface area contributed by atoms with Gasteiger partial charge in [-0.25, -0.2) is 0 Å². The molecule has 5 heteroatoms. The Labute approximate surface area is 137 Å². The third-order valence-electron chi connectivity index (χ3n) is 4.01. The first-order valence-corrected chi connectivity index (χ1v) is 8.53. The maximum absolute atomic E-state index is 12.5. The maximum atomic E-state index is 12.5. The van der Waals surface area contributed by atoms with Crippen LogP contribution in [-0.4, -0.2) is 42.2 Å². The fourth-order valence-electron chi connectivity index (χ4n) is 2.71. The zero-order valence-electron chi connectivity index (χ0n) is 13.0. The Morgan fingerprint density at radius 1 is 1.18 bits per heavy atom. The van der Waals surface area contributed by atoms with Gasteiger partial charge in [-0.3, -0.25) is 4.79 Å². The highest BCUT2D eigenvalue weighted by atomic mass is 35.5. The van der Waals surface area contributed by atoms with Gasteiger partial charge in [0.25, 0.3) is 5.91 Å². The highest BCUT2D eigenvalue weighted by molar-refractivity contribution is 6.34. The lowest BCUT2D eigenvalue weighted by Gasteiger charge is -2.27. The molecule has 1 aromatic carbocycles. The fraction of sp³-hybridized carbons (Fsp3) is 0.588. The number of anilines is 1. The van der Waals surface area contributed by atoms with Crippen molar-refractivity contribution in [2.24, 2.45) is 0 Å². The third kappa shape index (κ3) is 4.89. The summed E-state index contributed by atoms with van der Waals surface area (Å²) in [6.07, 6.45) is 6.21. The summed E-state index contributed by atoms with van der Waals surface area (Å²) in [5.41, 5.74) is 1.53. The van der Waals surface area contributed by atoms with E-state index in [0.717, 1.165) is 57.4 Å². The highest BCUT2D eigenvalue weighted by Crippen LogP contribution is 2.23. The van der Waals surface area contributed by atoms with Gasteiger partial charge in [-0.2, -0.15) is 0 Å². The average molecular weight is 325 g/mol. The molecule has 4 nitrogen and oxygen atoms in total. The van der Waals surface area contributed by atoms with Crippen LogP contribution in [-0.2, 0) is 0 Å². The van der Waals surface area contributed by atoms with Crippen molar-refractivity contribution in [2.75, 3.05) is 31.6 Å². The first kappa shape index (κ1) is 17.1. The van der Waals surface area contributed by atoms with E-state index in [1.54, 1.807) is 0 Å². The number of aliphatic hydroxyl groups excluding tert-OH is 1. The molecule has 2 rings (SSSR count). The van der Waals surface area contributed by atoms with E-state index >= 15 is 0 Å². The van der Waals surface area contributed by atoms with Crippen LogP contribution in [0, 0.1) is 0 Å². The van der Waals surface area contributed by atoms with Crippen LogP contribution >= 0.6 is 11.6 Å². The number of carbonyl (C=O) groups excluding carboxylic acids is 1. The quantitative estimate of drug-likeness (QED) is 0.754. The number of halogens is 1. The van der Waals surface area contributed by atoms with Crippen LogP contribution in [0.2, 0.25) is 5.02 Å². The van der Waals surface area contributed by atoms with Gasteiger partial charge in [-0.05, 0) is 56.7 Å². The molecule has 122 valence electrons. The maximum Gasteiger partial charge on any atom is 0.255 e. The largest absolute Gasteiger partial charge is 0.396 e. The monoisotopic (exact) mass is 324 g/mol. The molecule has 0 spiro atoms. The predicted molar refractivity (Wildman–Crippen MR) is 90.6 cm³/mol. The van der Waals surface area contributed by atoms with Gasteiger partial charge in [-0.1, -0.05) is 11.6 Å². The Morgan fingerprint density at radius 2 is 1.95 bits per heavy atom. The molecule has 1 saturated heterocycles. The normalized spacial score (nSPS) is 14.9. The van der Waals surface area contributed by atoms with Crippen LogP contribution in [0.4, 0.5) is 5.69 Å². The van der Waals surface area contributed by atoms with Crippen molar-refractivity contribution in [1.29, 1.82) is 0 Å². The Bertz CT molecular complexity index is 488. The lowest BCUT2D eigenvalue weighted by molar-refractivity contribution is 0.0724. The molecule has 1 heterocycles. The molecule has 1 aromatic rings. The van der Waals surface area contributed by atoms with Gasteiger partial charge in [0.2, 0.25) is 0 Å². The summed E-state index contributed by atoms with van der Waals surface area (Å²) in [5.74, 6) is 0.0409. The molecule has 0 unspecified atom stereocenters. The Hall–Kier alpha value is -1.26. The second-order valence-electron chi connectivity index (χ2n) is 5.76. The molecule has 1 aliphatic rings. The predicted octanol–water partition coefficient (Wildman–Crippen LogP) is 3.54. The minimum absolute atomic E-state index is 0.0409. The summed E-state index contributed by atoms with van der Waals surface area (Å²) < 4.78 is 0. The highest BCUT2D eigenvalue weighted by Gasteiger charge is 2.20. The van der Waals surface area contributed by atoms with E-state index in [2.05, 4.69) is 5.32 Å². The number of carbonyl (C=O) groups is 1. The lowest BCUT2D eigenvalue weighted by atomic mass is 10.1. The molecule has 1 fully saturated rings. The number of nitrogens with one attached hydrogen (secondary N) is 1. The van der Waals surface area contributed by atoms with Crippen LogP contribution in [0.15, 0.2) is 18.2 Å². The summed E-state index contributed by atoms with van der Waals surface area (Å²) in [6.45, 7) is 2.76. The summed E-state index contributed by atoms with van der Waals surface area (Å²) in [5, 5.41) is 12.5. The molecule has 0 saturated carbocycles. The molecule has 1 amide bonds. The molecule has 0 aliphatic carbocycles. The molecule has 2 N–H and O–H groups in total. The van der Waals surface area contributed by atoms with Crippen LogP contribution < -0.4 is 5.32 Å². The standard InChI is InChI=1S/C17H25ClN2O2/c18-16-13-14(19-9-3-1-6-12-21)7-8-15(16)17(22)20-10-4-2-5-11-20/h7-8,13,19,21H,1-6,9-12H2.